The molecule has 2 N–H and O–H groups in total. The lowest BCUT2D eigenvalue weighted by molar-refractivity contribution is -0.140. The molecule has 180 valence electrons. The van der Waals surface area contributed by atoms with Crippen molar-refractivity contribution in [1.29, 1.82) is 0 Å². The number of hydrogen-bond donors (Lipinski definition) is 2. The van der Waals surface area contributed by atoms with Gasteiger partial charge in [-0.1, -0.05) is 12.7 Å². The van der Waals surface area contributed by atoms with Crippen molar-refractivity contribution in [2.75, 3.05) is 13.7 Å². The summed E-state index contributed by atoms with van der Waals surface area (Å²) in [4.78, 5) is 27.7. The van der Waals surface area contributed by atoms with Gasteiger partial charge in [-0.2, -0.15) is 0 Å². The van der Waals surface area contributed by atoms with Gasteiger partial charge in [-0.15, -0.1) is 0 Å². The van der Waals surface area contributed by atoms with Crippen molar-refractivity contribution in [3.05, 3.63) is 53.8 Å². The second-order valence-electron chi connectivity index (χ2n) is 9.45. The molecule has 3 aliphatic rings. The van der Waals surface area contributed by atoms with Crippen LogP contribution in [0.3, 0.4) is 0 Å². The molecule has 2 saturated heterocycles. The maximum absolute atomic E-state index is 12.4. The van der Waals surface area contributed by atoms with Crippen LogP contribution in [0.4, 0.5) is 4.79 Å². The molecule has 0 saturated carbocycles. The average Bonchev–Trinajstić information content (AvgIpc) is 3.19. The smallest absolute Gasteiger partial charge is 0.407 e. The predicted octanol–water partition coefficient (Wildman–Crippen LogP) is 4.16. The Morgan fingerprint density at radius 1 is 1.38 bits per heavy atom. The molecule has 8 heteroatoms. The maximum atomic E-state index is 12.4. The molecule has 2 fully saturated rings. The minimum Gasteiger partial charge on any atom is -0.497 e. The van der Waals surface area contributed by atoms with Gasteiger partial charge in [-0.3, -0.25) is 0 Å². The normalized spacial score (nSPS) is 29.9. The van der Waals surface area contributed by atoms with Gasteiger partial charge in [0, 0.05) is 35.1 Å². The van der Waals surface area contributed by atoms with Gasteiger partial charge in [-0.05, 0) is 61.9 Å². The van der Waals surface area contributed by atoms with Crippen LogP contribution in [0.1, 0.15) is 38.2 Å². The molecule has 4 atom stereocenters. The van der Waals surface area contributed by atoms with Gasteiger partial charge in [-0.25, -0.2) is 9.59 Å². The molecule has 0 spiro atoms. The second kappa shape index (κ2) is 8.83. The van der Waals surface area contributed by atoms with E-state index in [4.69, 9.17) is 18.9 Å². The number of benzene rings is 1. The molecule has 0 radical (unpaired) electrons. The fourth-order valence-corrected chi connectivity index (χ4v) is 5.06. The molecule has 8 nitrogen and oxygen atoms in total. The summed E-state index contributed by atoms with van der Waals surface area (Å²) in [6, 6.07) is 5.77. The summed E-state index contributed by atoms with van der Waals surface area (Å²) < 4.78 is 22.3. The Morgan fingerprint density at radius 3 is 3.06 bits per heavy atom. The molecule has 3 heterocycles. The first kappa shape index (κ1) is 22.5. The standard InChI is InChI=1S/C26H30N2O6/c1-15-19-8-6-16(5-4-10-26(2)23(34-26)22(19)33-24(15)29)14-32-25(30)28-13-17-12-27-21-9-7-18(31-3)11-20(17)21/h5,7,9,11-12,19,22-23,27H,1,4,6,8,10,13-14H2,2-3H3,(H,28,30)/b16-5+/t19-,22-,23-,26+/m0/s1. The highest BCUT2D eigenvalue weighted by Gasteiger charge is 2.61. The maximum Gasteiger partial charge on any atom is 0.407 e. The first-order chi connectivity index (χ1) is 16.4. The van der Waals surface area contributed by atoms with Gasteiger partial charge < -0.3 is 29.2 Å². The van der Waals surface area contributed by atoms with E-state index in [9.17, 15) is 9.59 Å². The molecule has 1 aromatic heterocycles. The van der Waals surface area contributed by atoms with Gasteiger partial charge in [0.25, 0.3) is 0 Å². The van der Waals surface area contributed by atoms with Crippen LogP contribution >= 0.6 is 0 Å². The Bertz CT molecular complexity index is 1170. The van der Waals surface area contributed by atoms with Crippen molar-refractivity contribution < 1.29 is 28.5 Å². The molecule has 0 bridgehead atoms. The van der Waals surface area contributed by atoms with Crippen molar-refractivity contribution in [1.82, 2.24) is 10.3 Å². The summed E-state index contributed by atoms with van der Waals surface area (Å²) in [6.07, 6.45) is 6.23. The number of alkyl carbamates (subject to hydrolysis) is 1. The number of carbonyl (C=O) groups is 2. The highest BCUT2D eigenvalue weighted by atomic mass is 16.6. The van der Waals surface area contributed by atoms with Gasteiger partial charge in [0.15, 0.2) is 0 Å². The lowest BCUT2D eigenvalue weighted by atomic mass is 9.84. The Balaban J connectivity index is 1.18. The fraction of sp³-hybridized carbons (Fsp3) is 0.462. The molecule has 2 aromatic rings. The zero-order chi connectivity index (χ0) is 23.9. The van der Waals surface area contributed by atoms with E-state index < -0.39 is 6.09 Å². The van der Waals surface area contributed by atoms with Crippen LogP contribution in [-0.4, -0.2) is 48.6 Å². The monoisotopic (exact) mass is 466 g/mol. The number of aromatic nitrogens is 1. The van der Waals surface area contributed by atoms with Crippen LogP contribution in [0.25, 0.3) is 10.9 Å². The lowest BCUT2D eigenvalue weighted by Gasteiger charge is -2.20. The first-order valence-electron chi connectivity index (χ1n) is 11.7. The third-order valence-electron chi connectivity index (χ3n) is 7.23. The van der Waals surface area contributed by atoms with E-state index >= 15 is 0 Å². The quantitative estimate of drug-likeness (QED) is 0.297. The van der Waals surface area contributed by atoms with Crippen molar-refractivity contribution in [2.24, 2.45) is 5.92 Å². The van der Waals surface area contributed by atoms with Gasteiger partial charge in [0.2, 0.25) is 0 Å². The van der Waals surface area contributed by atoms with Gasteiger partial charge in [0.05, 0.1) is 12.7 Å². The number of ether oxygens (including phenoxy) is 4. The van der Waals surface area contributed by atoms with Crippen molar-refractivity contribution in [3.8, 4) is 5.75 Å². The Morgan fingerprint density at radius 2 is 2.24 bits per heavy atom. The van der Waals surface area contributed by atoms with E-state index in [0.717, 1.165) is 40.6 Å². The van der Waals surface area contributed by atoms with Crippen LogP contribution < -0.4 is 10.1 Å². The predicted molar refractivity (Wildman–Crippen MR) is 125 cm³/mol. The molecule has 1 amide bonds. The van der Waals surface area contributed by atoms with E-state index in [1.165, 1.54) is 0 Å². The summed E-state index contributed by atoms with van der Waals surface area (Å²) in [5.74, 6) is 0.353. The van der Waals surface area contributed by atoms with Crippen LogP contribution in [0.15, 0.2) is 48.2 Å². The molecule has 2 aliphatic heterocycles. The highest BCUT2D eigenvalue weighted by molar-refractivity contribution is 5.91. The van der Waals surface area contributed by atoms with E-state index in [1.807, 2.05) is 24.4 Å². The number of allylic oxidation sites excluding steroid dienone is 1. The SMILES string of the molecule is C=C1C(=O)O[C@H]2[C@H]1CC/C(COC(=O)NCc1c[nH]c3ccc(OC)cc13)=C\CC[C@@]1(C)O[C@@H]21. The zero-order valence-corrected chi connectivity index (χ0v) is 19.5. The Labute approximate surface area is 198 Å². The summed E-state index contributed by atoms with van der Waals surface area (Å²) in [7, 11) is 1.63. The molecule has 5 rings (SSSR count). The summed E-state index contributed by atoms with van der Waals surface area (Å²) >= 11 is 0. The minimum absolute atomic E-state index is 0.0674. The number of rotatable bonds is 5. The van der Waals surface area contributed by atoms with E-state index in [0.29, 0.717) is 25.0 Å². The molecule has 0 unspecified atom stereocenters. The third-order valence-corrected chi connectivity index (χ3v) is 7.23. The lowest BCUT2D eigenvalue weighted by Crippen LogP contribution is -2.29. The van der Waals surface area contributed by atoms with E-state index in [-0.39, 0.29) is 36.3 Å². The van der Waals surface area contributed by atoms with E-state index in [1.54, 1.807) is 7.11 Å². The summed E-state index contributed by atoms with van der Waals surface area (Å²) in [5, 5.41) is 3.82. The number of methoxy groups -OCH3 is 1. The molecule has 1 aliphatic carbocycles. The fourth-order valence-electron chi connectivity index (χ4n) is 5.06. The average molecular weight is 467 g/mol. The molecular formula is C26H30N2O6. The largest absolute Gasteiger partial charge is 0.497 e. The van der Waals surface area contributed by atoms with Crippen LogP contribution in [0.2, 0.25) is 0 Å². The van der Waals surface area contributed by atoms with Crippen molar-refractivity contribution >= 4 is 23.0 Å². The summed E-state index contributed by atoms with van der Waals surface area (Å²) in [5.41, 5.74) is 3.18. The number of amides is 1. The molecule has 1 aromatic carbocycles. The van der Waals surface area contributed by atoms with Crippen LogP contribution in [-0.2, 0) is 25.5 Å². The number of carbonyl (C=O) groups excluding carboxylic acids is 2. The zero-order valence-electron chi connectivity index (χ0n) is 19.5. The number of H-pyrrole nitrogens is 1. The Hall–Kier alpha value is -3.26. The Kier molecular flexibility index (Phi) is 5.85. The number of aromatic amines is 1. The van der Waals surface area contributed by atoms with Crippen molar-refractivity contribution in [2.45, 2.75) is 57.0 Å². The summed E-state index contributed by atoms with van der Waals surface area (Å²) in [6.45, 7) is 6.55. The van der Waals surface area contributed by atoms with Crippen molar-refractivity contribution in [3.63, 3.8) is 0 Å². The third kappa shape index (κ3) is 4.30. The number of epoxide rings is 1. The molecule has 34 heavy (non-hydrogen) atoms. The number of fused-ring (bicyclic) bond motifs is 4. The van der Waals surface area contributed by atoms with E-state index in [2.05, 4.69) is 29.9 Å². The van der Waals surface area contributed by atoms with Gasteiger partial charge >= 0.3 is 12.1 Å². The molecular weight excluding hydrogens is 436 g/mol. The highest BCUT2D eigenvalue weighted by Crippen LogP contribution is 2.49. The van der Waals surface area contributed by atoms with Gasteiger partial charge in [0.1, 0.15) is 24.6 Å². The first-order valence-corrected chi connectivity index (χ1v) is 11.7. The van der Waals surface area contributed by atoms with Crippen LogP contribution in [0.5, 0.6) is 5.75 Å². The van der Waals surface area contributed by atoms with Crippen LogP contribution in [0, 0.1) is 5.92 Å². The second-order valence-corrected chi connectivity index (χ2v) is 9.45. The minimum atomic E-state index is -0.477. The number of hydrogen-bond acceptors (Lipinski definition) is 6. The topological polar surface area (TPSA) is 102 Å². The number of nitrogens with one attached hydrogen (secondary N) is 2. The number of esters is 1.